The summed E-state index contributed by atoms with van der Waals surface area (Å²) in [5, 5.41) is 0. The molecule has 0 aliphatic carbocycles. The zero-order valence-electron chi connectivity index (χ0n) is 41.0. The molecule has 350 valence electrons. The van der Waals surface area contributed by atoms with Gasteiger partial charge in [0.15, 0.2) is 23.0 Å². The van der Waals surface area contributed by atoms with Crippen LogP contribution in [0, 0.1) is 34.6 Å². The molecule has 2 aliphatic rings. The predicted molar refractivity (Wildman–Crippen MR) is 255 cm³/mol. The van der Waals surface area contributed by atoms with Crippen molar-refractivity contribution in [3.63, 3.8) is 0 Å². The van der Waals surface area contributed by atoms with E-state index in [-0.39, 0.29) is 25.3 Å². The first-order chi connectivity index (χ1) is 31.1. The lowest BCUT2D eigenvalue weighted by molar-refractivity contribution is -0.941. The highest BCUT2D eigenvalue weighted by Gasteiger charge is 2.41. The molecule has 11 heteroatoms. The normalized spacial score (nSPS) is 20.1. The second-order valence-electron chi connectivity index (χ2n) is 18.6. The van der Waals surface area contributed by atoms with E-state index in [0.717, 1.165) is 89.2 Å². The van der Waals surface area contributed by atoms with Crippen LogP contribution in [0.4, 0.5) is 0 Å². The Kier molecular flexibility index (Phi) is 16.0. The number of methoxy groups -OCH3 is 5. The number of fused-ring (bicyclic) bond motifs is 2. The summed E-state index contributed by atoms with van der Waals surface area (Å²) in [6, 6.07) is 18.0. The Morgan fingerprint density at radius 3 is 1.52 bits per heavy atom. The van der Waals surface area contributed by atoms with E-state index < -0.39 is 11.9 Å². The lowest BCUT2D eigenvalue weighted by atomic mass is 9.84. The Hall–Kier alpha value is -5.52. The number of carbonyl (C=O) groups excluding carboxylic acids is 2. The Labute approximate surface area is 387 Å². The summed E-state index contributed by atoms with van der Waals surface area (Å²) in [6.45, 7) is 14.7. The van der Waals surface area contributed by atoms with Crippen LogP contribution in [-0.4, -0.2) is 110 Å². The molecule has 4 aromatic carbocycles. The average Bonchev–Trinajstić information content (AvgIpc) is 3.29. The van der Waals surface area contributed by atoms with Crippen LogP contribution in [0.15, 0.2) is 60.7 Å². The fourth-order valence-electron chi connectivity index (χ4n) is 10.3. The predicted octanol–water partition coefficient (Wildman–Crippen LogP) is 8.97. The number of hydrogen-bond acceptors (Lipinski definition) is 9. The van der Waals surface area contributed by atoms with Crippen molar-refractivity contribution in [1.82, 2.24) is 0 Å². The van der Waals surface area contributed by atoms with Crippen LogP contribution in [0.5, 0.6) is 28.7 Å². The molecule has 0 radical (unpaired) electrons. The Morgan fingerprint density at radius 2 is 1.00 bits per heavy atom. The number of likely N-dealkylation sites (N-methyl/N-ethyl adjacent to an activating group) is 2. The monoisotopic (exact) mass is 893 g/mol. The molecular formula is C54H72N2O9+2. The maximum atomic E-state index is 12.8. The first-order valence-corrected chi connectivity index (χ1v) is 23.0. The molecule has 0 aromatic heterocycles. The number of quaternary nitrogens is 2. The quantitative estimate of drug-likeness (QED) is 0.0396. The van der Waals surface area contributed by atoms with Crippen molar-refractivity contribution in [2.45, 2.75) is 85.2 Å². The van der Waals surface area contributed by atoms with E-state index in [0.29, 0.717) is 24.3 Å². The second-order valence-corrected chi connectivity index (χ2v) is 18.6. The lowest BCUT2D eigenvalue weighted by Crippen LogP contribution is -2.52. The van der Waals surface area contributed by atoms with E-state index in [1.54, 1.807) is 35.5 Å². The maximum Gasteiger partial charge on any atom is 0.331 e. The van der Waals surface area contributed by atoms with Gasteiger partial charge in [-0.3, -0.25) is 0 Å². The van der Waals surface area contributed by atoms with E-state index in [9.17, 15) is 9.59 Å². The van der Waals surface area contributed by atoms with Crippen LogP contribution in [-0.2, 0) is 44.7 Å². The van der Waals surface area contributed by atoms with Gasteiger partial charge >= 0.3 is 11.9 Å². The van der Waals surface area contributed by atoms with Gasteiger partial charge in [-0.05, 0) is 115 Å². The molecule has 4 aromatic rings. The van der Waals surface area contributed by atoms with Crippen molar-refractivity contribution < 1.29 is 51.7 Å². The Balaban J connectivity index is 1.04. The minimum absolute atomic E-state index is 0.0812. The molecule has 0 saturated heterocycles. The van der Waals surface area contributed by atoms with Gasteiger partial charge in [-0.25, -0.2) is 9.59 Å². The van der Waals surface area contributed by atoms with Crippen molar-refractivity contribution in [2.24, 2.45) is 0 Å². The zero-order chi connectivity index (χ0) is 47.1. The van der Waals surface area contributed by atoms with Crippen molar-refractivity contribution in [3.8, 4) is 28.7 Å². The third kappa shape index (κ3) is 11.1. The Bertz CT molecular complexity index is 2390. The SMILES string of the molecule is COc1cc2c(cc1OC)C(Cc1cc(C)c(OC)c(OC)c1)[N+](C)(CCCOC(=O)/C=C/C(=O)OCCC[N+]1(C)CCc3cc(C)c(C)cc3C1Cc1cc(C)c(C)c(OC)c1)CC2. The van der Waals surface area contributed by atoms with Crippen LogP contribution in [0.25, 0.3) is 0 Å². The molecule has 4 atom stereocenters. The molecule has 2 aliphatic heterocycles. The molecule has 0 bridgehead atoms. The molecule has 6 rings (SSSR count). The highest BCUT2D eigenvalue weighted by molar-refractivity contribution is 5.91. The summed E-state index contributed by atoms with van der Waals surface area (Å²) in [4.78, 5) is 25.7. The van der Waals surface area contributed by atoms with Gasteiger partial charge in [0.2, 0.25) is 0 Å². The molecule has 11 nitrogen and oxygen atoms in total. The van der Waals surface area contributed by atoms with E-state index in [2.05, 4.69) is 90.3 Å². The molecule has 0 spiro atoms. The standard InChI is InChI=1S/C54H72N2O9/c1-35-27-42-17-21-55(6,46(44(42)28-36(35)2)29-40-25-37(3)39(5)48(31-40)59-8)19-13-23-64-52(57)15-16-53(58)65-24-14-20-56(7)22-18-43-33-49(60-9)50(61-10)34-45(43)47(56)30-41-26-38(4)54(63-12)51(32-41)62-11/h15-16,25-28,31-34,46-47H,13-14,17-24,29-30H2,1-12H3/q+2/b16-15+. The fourth-order valence-corrected chi connectivity index (χ4v) is 10.3. The van der Waals surface area contributed by atoms with E-state index in [4.69, 9.17) is 33.2 Å². The minimum atomic E-state index is -0.566. The fraction of sp³-hybridized carbons (Fsp3) is 0.481. The number of ether oxygens (including phenoxy) is 7. The Morgan fingerprint density at radius 1 is 0.538 bits per heavy atom. The van der Waals surface area contributed by atoms with Crippen LogP contribution in [0.1, 0.15) is 86.1 Å². The average molecular weight is 893 g/mol. The molecule has 4 unspecified atom stereocenters. The smallest absolute Gasteiger partial charge is 0.331 e. The van der Waals surface area contributed by atoms with Crippen LogP contribution in [0.2, 0.25) is 0 Å². The third-order valence-electron chi connectivity index (χ3n) is 14.4. The molecule has 0 fully saturated rings. The van der Waals surface area contributed by atoms with Gasteiger partial charge in [0.05, 0.1) is 89.0 Å². The van der Waals surface area contributed by atoms with Gasteiger partial charge < -0.3 is 42.1 Å². The van der Waals surface area contributed by atoms with Gasteiger partial charge in [0, 0.05) is 61.8 Å². The summed E-state index contributed by atoms with van der Waals surface area (Å²) in [7, 11) is 13.0. The molecule has 0 amide bonds. The van der Waals surface area contributed by atoms with Gasteiger partial charge in [0.1, 0.15) is 17.8 Å². The summed E-state index contributed by atoms with van der Waals surface area (Å²) in [5.41, 5.74) is 13.7. The number of carbonyl (C=O) groups is 2. The van der Waals surface area contributed by atoms with E-state index in [1.165, 1.54) is 62.2 Å². The number of benzene rings is 4. The number of rotatable bonds is 19. The number of nitrogens with zero attached hydrogens (tertiary/aromatic N) is 2. The van der Waals surface area contributed by atoms with Gasteiger partial charge in [0.25, 0.3) is 0 Å². The summed E-state index contributed by atoms with van der Waals surface area (Å²) in [5.74, 6) is 2.65. The van der Waals surface area contributed by atoms with Crippen LogP contribution < -0.4 is 23.7 Å². The molecule has 0 saturated carbocycles. The molecule has 0 N–H and O–H groups in total. The van der Waals surface area contributed by atoms with Crippen molar-refractivity contribution in [2.75, 3.05) is 89.0 Å². The topological polar surface area (TPSA) is 98.8 Å². The van der Waals surface area contributed by atoms with E-state index >= 15 is 0 Å². The lowest BCUT2D eigenvalue weighted by Gasteiger charge is -2.46. The summed E-state index contributed by atoms with van der Waals surface area (Å²) >= 11 is 0. The number of aryl methyl sites for hydroxylation is 4. The van der Waals surface area contributed by atoms with Gasteiger partial charge in [-0.1, -0.05) is 18.2 Å². The van der Waals surface area contributed by atoms with Gasteiger partial charge in [-0.2, -0.15) is 0 Å². The van der Waals surface area contributed by atoms with Crippen LogP contribution >= 0.6 is 0 Å². The molecule has 65 heavy (non-hydrogen) atoms. The van der Waals surface area contributed by atoms with Crippen molar-refractivity contribution >= 4 is 11.9 Å². The summed E-state index contributed by atoms with van der Waals surface area (Å²) in [6.07, 6.45) is 7.19. The zero-order valence-corrected chi connectivity index (χ0v) is 41.0. The molecule has 2 heterocycles. The largest absolute Gasteiger partial charge is 0.496 e. The third-order valence-corrected chi connectivity index (χ3v) is 14.4. The van der Waals surface area contributed by atoms with Crippen LogP contribution in [0.3, 0.4) is 0 Å². The van der Waals surface area contributed by atoms with Crippen molar-refractivity contribution in [1.29, 1.82) is 0 Å². The van der Waals surface area contributed by atoms with Crippen molar-refractivity contribution in [3.05, 3.63) is 122 Å². The molecular weight excluding hydrogens is 821 g/mol. The number of hydrogen-bond donors (Lipinski definition) is 0. The summed E-state index contributed by atoms with van der Waals surface area (Å²) < 4.78 is 41.4. The number of esters is 2. The van der Waals surface area contributed by atoms with Gasteiger partial charge in [-0.15, -0.1) is 0 Å². The minimum Gasteiger partial charge on any atom is -0.496 e. The first kappa shape index (κ1) is 48.9. The maximum absolute atomic E-state index is 12.8. The first-order valence-electron chi connectivity index (χ1n) is 23.0. The highest BCUT2D eigenvalue weighted by atomic mass is 16.5. The second kappa shape index (κ2) is 21.2. The highest BCUT2D eigenvalue weighted by Crippen LogP contribution is 2.44. The van der Waals surface area contributed by atoms with E-state index in [1.807, 2.05) is 6.92 Å².